The molecule has 0 radical (unpaired) electrons. The number of rotatable bonds is 4. The third-order valence-corrected chi connectivity index (χ3v) is 1.51. The van der Waals surface area contributed by atoms with Crippen LogP contribution in [0.15, 0.2) is 41.0 Å². The van der Waals surface area contributed by atoms with Crippen LogP contribution in [-0.4, -0.2) is 11.1 Å². The molecule has 1 heterocycles. The Labute approximate surface area is 114 Å². The molecule has 0 aliphatic carbocycles. The predicted octanol–water partition coefficient (Wildman–Crippen LogP) is 0.558. The minimum atomic E-state index is -0.959. The zero-order valence-electron chi connectivity index (χ0n) is 10.4. The van der Waals surface area contributed by atoms with Crippen LogP contribution in [0, 0.1) is 6.92 Å². The van der Waals surface area contributed by atoms with Crippen LogP contribution in [0.4, 0.5) is 0 Å². The first-order valence-corrected chi connectivity index (χ1v) is 5.11. The summed E-state index contributed by atoms with van der Waals surface area (Å²) in [4.78, 5) is 10.0. The maximum Gasteiger partial charge on any atom is 1.00 e. The smallest absolute Gasteiger partial charge is 0.478 e. The van der Waals surface area contributed by atoms with E-state index in [0.717, 1.165) is 12.5 Å². The molecule has 0 saturated heterocycles. The van der Waals surface area contributed by atoms with Gasteiger partial charge in [0.15, 0.2) is 0 Å². The first kappa shape index (κ1) is 18.2. The number of carbonyl (C=O) groups is 1. The Morgan fingerprint density at radius 1 is 1.53 bits per heavy atom. The molecule has 17 heavy (non-hydrogen) atoms. The Morgan fingerprint density at radius 2 is 2.18 bits per heavy atom. The molecule has 3 nitrogen and oxygen atoms in total. The molecule has 1 aromatic rings. The van der Waals surface area contributed by atoms with Gasteiger partial charge in [0.25, 0.3) is 0 Å². The van der Waals surface area contributed by atoms with Crippen LogP contribution in [-0.2, 0) is 4.79 Å². The average Bonchev–Trinajstić information content (AvgIpc) is 2.77. The summed E-state index contributed by atoms with van der Waals surface area (Å²) in [5, 5.41) is 8.23. The molecule has 1 aromatic heterocycles. The topological polar surface area (TPSA) is 50.4 Å². The summed E-state index contributed by atoms with van der Waals surface area (Å²) in [6.07, 6.45) is 9.61. The van der Waals surface area contributed by atoms with Crippen LogP contribution < -0.4 is 18.9 Å². The number of hydrogen-bond acceptors (Lipinski definition) is 2. The van der Waals surface area contributed by atoms with E-state index in [1.807, 2.05) is 0 Å². The van der Waals surface area contributed by atoms with Crippen LogP contribution in [0.1, 0.15) is 25.5 Å². The minimum absolute atomic E-state index is 0. The Morgan fingerprint density at radius 3 is 2.59 bits per heavy atom. The van der Waals surface area contributed by atoms with Crippen molar-refractivity contribution in [1.82, 2.24) is 0 Å². The van der Waals surface area contributed by atoms with Crippen LogP contribution in [0.3, 0.4) is 0 Å². The van der Waals surface area contributed by atoms with E-state index >= 15 is 0 Å². The third kappa shape index (κ3) is 12.8. The maximum absolute atomic E-state index is 10.0. The monoisotopic (exact) mass is 228 g/mol. The normalized spacial score (nSPS) is 9.76. The summed E-state index contributed by atoms with van der Waals surface area (Å²) >= 11 is 0. The first-order valence-electron chi connectivity index (χ1n) is 5.11. The van der Waals surface area contributed by atoms with Gasteiger partial charge in [-0.25, -0.2) is 4.79 Å². The molecule has 0 atom stereocenters. The van der Waals surface area contributed by atoms with Gasteiger partial charge in [-0.3, -0.25) is 0 Å². The minimum Gasteiger partial charge on any atom is -0.478 e. The number of allylic oxidation sites excluding steroid dienone is 2. The molecular formula is C13H17LiO3. The first-order chi connectivity index (χ1) is 7.70. The van der Waals surface area contributed by atoms with Crippen LogP contribution in [0.2, 0.25) is 0 Å². The van der Waals surface area contributed by atoms with Gasteiger partial charge in [-0.2, -0.15) is 6.42 Å². The molecule has 0 unspecified atom stereocenters. The summed E-state index contributed by atoms with van der Waals surface area (Å²) in [7, 11) is 0. The summed E-state index contributed by atoms with van der Waals surface area (Å²) < 4.78 is 4.97. The number of carboxylic acids is 1. The zero-order chi connectivity index (χ0) is 12.2. The van der Waals surface area contributed by atoms with E-state index in [1.54, 1.807) is 30.5 Å². The van der Waals surface area contributed by atoms with E-state index in [1.165, 1.54) is 12.5 Å². The second kappa shape index (κ2) is 12.9. The fraction of sp³-hybridized carbons (Fsp3) is 0.231. The Hall–Kier alpha value is -1.17. The van der Waals surface area contributed by atoms with Crippen molar-refractivity contribution in [3.05, 3.63) is 49.3 Å². The largest absolute Gasteiger partial charge is 1.00 e. The van der Waals surface area contributed by atoms with E-state index in [0.29, 0.717) is 5.76 Å². The van der Waals surface area contributed by atoms with Gasteiger partial charge in [-0.15, -0.1) is 0 Å². The fourth-order valence-electron chi connectivity index (χ4n) is 0.674. The SMILES string of the molecule is O=C(O)C=CC=Cc1ccco1.[CH2-]CCC.[Li+]. The summed E-state index contributed by atoms with van der Waals surface area (Å²) in [6, 6.07) is 3.55. The second-order valence-electron chi connectivity index (χ2n) is 2.93. The number of carboxylic acid groups (broad SMARTS) is 1. The Kier molecular flexibility index (Phi) is 13.8. The molecule has 4 heteroatoms. The molecular weight excluding hydrogens is 211 g/mol. The summed E-state index contributed by atoms with van der Waals surface area (Å²) in [5.74, 6) is -0.260. The standard InChI is InChI=1S/C9H8O3.C4H9.Li/c10-9(11)6-2-1-4-8-5-3-7-12-8;1-3-4-2;/h1-7H,(H,10,11);1,3-4H2,2H3;/q;-1;+1. The fourth-order valence-corrected chi connectivity index (χ4v) is 0.674. The molecule has 0 aliphatic heterocycles. The number of furan rings is 1. The number of hydrogen-bond donors (Lipinski definition) is 1. The summed E-state index contributed by atoms with van der Waals surface area (Å²) in [5.41, 5.74) is 0. The van der Waals surface area contributed by atoms with Crippen LogP contribution >= 0.6 is 0 Å². The van der Waals surface area contributed by atoms with Crippen molar-refractivity contribution in [3.63, 3.8) is 0 Å². The van der Waals surface area contributed by atoms with Crippen molar-refractivity contribution in [2.45, 2.75) is 19.8 Å². The van der Waals surface area contributed by atoms with E-state index in [9.17, 15) is 4.79 Å². The predicted molar refractivity (Wildman–Crippen MR) is 64.8 cm³/mol. The number of unbranched alkanes of at least 4 members (excludes halogenated alkanes) is 1. The second-order valence-corrected chi connectivity index (χ2v) is 2.93. The van der Waals surface area contributed by atoms with Crippen molar-refractivity contribution >= 4 is 12.0 Å². The summed E-state index contributed by atoms with van der Waals surface area (Å²) in [6.45, 7) is 5.72. The van der Waals surface area contributed by atoms with Gasteiger partial charge in [0.2, 0.25) is 0 Å². The quantitative estimate of drug-likeness (QED) is 0.354. The molecule has 0 spiro atoms. The van der Waals surface area contributed by atoms with Gasteiger partial charge in [0.1, 0.15) is 5.76 Å². The third-order valence-electron chi connectivity index (χ3n) is 1.51. The average molecular weight is 228 g/mol. The van der Waals surface area contributed by atoms with Crippen molar-refractivity contribution in [2.24, 2.45) is 0 Å². The Balaban J connectivity index is 0. The molecule has 0 fully saturated rings. The van der Waals surface area contributed by atoms with Gasteiger partial charge >= 0.3 is 24.8 Å². The molecule has 0 amide bonds. The van der Waals surface area contributed by atoms with Crippen molar-refractivity contribution in [2.75, 3.05) is 0 Å². The molecule has 1 N–H and O–H groups in total. The molecule has 0 aromatic carbocycles. The van der Waals surface area contributed by atoms with Gasteiger partial charge in [-0.05, 0) is 18.2 Å². The van der Waals surface area contributed by atoms with E-state index in [2.05, 4.69) is 13.8 Å². The van der Waals surface area contributed by atoms with Gasteiger partial charge < -0.3 is 16.4 Å². The van der Waals surface area contributed by atoms with Crippen LogP contribution in [0.5, 0.6) is 0 Å². The van der Waals surface area contributed by atoms with Gasteiger partial charge in [0.05, 0.1) is 6.26 Å². The molecule has 0 saturated carbocycles. The Bertz CT molecular complexity index is 324. The van der Waals surface area contributed by atoms with E-state index in [4.69, 9.17) is 9.52 Å². The number of aliphatic carboxylic acids is 1. The van der Waals surface area contributed by atoms with Crippen molar-refractivity contribution < 1.29 is 33.2 Å². The molecule has 88 valence electrons. The van der Waals surface area contributed by atoms with Crippen molar-refractivity contribution in [1.29, 1.82) is 0 Å². The molecule has 0 aliphatic rings. The zero-order valence-corrected chi connectivity index (χ0v) is 10.4. The molecule has 1 rings (SSSR count). The molecule has 0 bridgehead atoms. The van der Waals surface area contributed by atoms with Gasteiger partial charge in [-0.1, -0.05) is 25.5 Å². The van der Waals surface area contributed by atoms with E-state index in [-0.39, 0.29) is 18.9 Å². The van der Waals surface area contributed by atoms with Crippen LogP contribution in [0.25, 0.3) is 6.08 Å². The van der Waals surface area contributed by atoms with Gasteiger partial charge in [0, 0.05) is 6.08 Å². The van der Waals surface area contributed by atoms with Crippen molar-refractivity contribution in [3.8, 4) is 0 Å². The maximum atomic E-state index is 10.0. The van der Waals surface area contributed by atoms with E-state index < -0.39 is 5.97 Å².